The standard InChI is InChI=1S/C26H25N3O/c1-18(21-11-10-19-6-2-4-8-22(19)14-21)29-26(30)24(16-27)17-28-25-13-12-20-7-3-5-9-23(20)15-25/h3,5,7,9-15,17-18,28H,2,4,6,8H2,1H3,(H,29,30)/b24-17-. The topological polar surface area (TPSA) is 64.9 Å². The van der Waals surface area contributed by atoms with Gasteiger partial charge in [-0.15, -0.1) is 0 Å². The van der Waals surface area contributed by atoms with Crippen LogP contribution in [0.5, 0.6) is 0 Å². The summed E-state index contributed by atoms with van der Waals surface area (Å²) in [5.41, 5.74) is 4.75. The highest BCUT2D eigenvalue weighted by Crippen LogP contribution is 2.25. The lowest BCUT2D eigenvalue weighted by Gasteiger charge is -2.20. The van der Waals surface area contributed by atoms with Crippen molar-refractivity contribution in [1.82, 2.24) is 5.32 Å². The third-order valence-electron chi connectivity index (χ3n) is 5.72. The number of nitrogens with zero attached hydrogens (tertiary/aromatic N) is 1. The first-order chi connectivity index (χ1) is 14.6. The van der Waals surface area contributed by atoms with E-state index < -0.39 is 0 Å². The smallest absolute Gasteiger partial charge is 0.263 e. The van der Waals surface area contributed by atoms with Gasteiger partial charge in [0.05, 0.1) is 6.04 Å². The molecule has 0 aliphatic heterocycles. The summed E-state index contributed by atoms with van der Waals surface area (Å²) in [5.74, 6) is -0.379. The zero-order valence-corrected chi connectivity index (χ0v) is 17.1. The van der Waals surface area contributed by atoms with Gasteiger partial charge in [-0.25, -0.2) is 0 Å². The van der Waals surface area contributed by atoms with Gasteiger partial charge in [-0.2, -0.15) is 5.26 Å². The number of rotatable bonds is 5. The molecule has 3 aromatic carbocycles. The Hall–Kier alpha value is -3.58. The van der Waals surface area contributed by atoms with Gasteiger partial charge in [-0.05, 0) is 72.2 Å². The first kappa shape index (κ1) is 19.7. The average molecular weight is 396 g/mol. The number of hydrogen-bond acceptors (Lipinski definition) is 3. The first-order valence-electron chi connectivity index (χ1n) is 10.4. The van der Waals surface area contributed by atoms with Crippen LogP contribution in [-0.2, 0) is 17.6 Å². The third kappa shape index (κ3) is 4.36. The summed E-state index contributed by atoms with van der Waals surface area (Å²) in [6, 6.07) is 22.3. The van der Waals surface area contributed by atoms with Crippen LogP contribution >= 0.6 is 0 Å². The maximum absolute atomic E-state index is 12.6. The minimum atomic E-state index is -0.379. The molecule has 1 aliphatic rings. The van der Waals surface area contributed by atoms with Crippen LogP contribution < -0.4 is 10.6 Å². The Morgan fingerprint density at radius 3 is 2.57 bits per heavy atom. The van der Waals surface area contributed by atoms with Crippen molar-refractivity contribution in [2.45, 2.75) is 38.6 Å². The van der Waals surface area contributed by atoms with Gasteiger partial charge in [0.1, 0.15) is 11.6 Å². The van der Waals surface area contributed by atoms with Crippen molar-refractivity contribution in [3.8, 4) is 6.07 Å². The molecule has 1 aliphatic carbocycles. The zero-order chi connectivity index (χ0) is 20.9. The number of carbonyl (C=O) groups is 1. The molecule has 0 heterocycles. The second kappa shape index (κ2) is 8.84. The van der Waals surface area contributed by atoms with Crippen molar-refractivity contribution in [3.63, 3.8) is 0 Å². The van der Waals surface area contributed by atoms with Gasteiger partial charge in [0, 0.05) is 11.9 Å². The molecule has 0 fully saturated rings. The van der Waals surface area contributed by atoms with E-state index in [4.69, 9.17) is 0 Å². The molecule has 30 heavy (non-hydrogen) atoms. The Kier molecular flexibility index (Phi) is 5.81. The highest BCUT2D eigenvalue weighted by atomic mass is 16.1. The van der Waals surface area contributed by atoms with E-state index in [9.17, 15) is 10.1 Å². The Morgan fingerprint density at radius 1 is 1.00 bits per heavy atom. The lowest BCUT2D eigenvalue weighted by atomic mass is 9.89. The minimum Gasteiger partial charge on any atom is -0.360 e. The maximum Gasteiger partial charge on any atom is 0.263 e. The molecule has 1 unspecified atom stereocenters. The van der Waals surface area contributed by atoms with Crippen molar-refractivity contribution in [2.24, 2.45) is 0 Å². The van der Waals surface area contributed by atoms with Crippen LogP contribution in [0.3, 0.4) is 0 Å². The normalized spacial score (nSPS) is 14.5. The van der Waals surface area contributed by atoms with E-state index in [0.29, 0.717) is 0 Å². The molecule has 4 nitrogen and oxygen atoms in total. The van der Waals surface area contributed by atoms with Crippen molar-refractivity contribution < 1.29 is 4.79 Å². The van der Waals surface area contributed by atoms with Gasteiger partial charge in [-0.1, -0.05) is 48.5 Å². The predicted molar refractivity (Wildman–Crippen MR) is 121 cm³/mol. The quantitative estimate of drug-likeness (QED) is 0.448. The van der Waals surface area contributed by atoms with E-state index in [1.54, 1.807) is 0 Å². The molecule has 3 aromatic rings. The number of carbonyl (C=O) groups excluding carboxylic acids is 1. The molecule has 0 aromatic heterocycles. The average Bonchev–Trinajstić information content (AvgIpc) is 2.79. The van der Waals surface area contributed by atoms with E-state index in [1.165, 1.54) is 30.2 Å². The highest BCUT2D eigenvalue weighted by molar-refractivity contribution is 5.98. The third-order valence-corrected chi connectivity index (χ3v) is 5.72. The molecule has 4 heteroatoms. The minimum absolute atomic E-state index is 0.0490. The number of anilines is 1. The fourth-order valence-corrected chi connectivity index (χ4v) is 3.96. The van der Waals surface area contributed by atoms with E-state index >= 15 is 0 Å². The molecule has 0 spiro atoms. The van der Waals surface area contributed by atoms with Crippen molar-refractivity contribution in [3.05, 3.63) is 89.1 Å². The Morgan fingerprint density at radius 2 is 1.77 bits per heavy atom. The van der Waals surface area contributed by atoms with Gasteiger partial charge >= 0.3 is 0 Å². The van der Waals surface area contributed by atoms with Crippen LogP contribution in [0.4, 0.5) is 5.69 Å². The Bertz CT molecular complexity index is 1160. The Balaban J connectivity index is 1.44. The predicted octanol–water partition coefficient (Wildman–Crippen LogP) is 5.42. The summed E-state index contributed by atoms with van der Waals surface area (Å²) >= 11 is 0. The molecule has 0 saturated carbocycles. The van der Waals surface area contributed by atoms with Gasteiger partial charge in [0.2, 0.25) is 0 Å². The van der Waals surface area contributed by atoms with Gasteiger partial charge in [0.25, 0.3) is 5.91 Å². The highest BCUT2D eigenvalue weighted by Gasteiger charge is 2.16. The molecule has 2 N–H and O–H groups in total. The molecule has 1 atom stereocenters. The molecule has 0 radical (unpaired) electrons. The van der Waals surface area contributed by atoms with Crippen molar-refractivity contribution in [1.29, 1.82) is 5.26 Å². The second-order valence-electron chi connectivity index (χ2n) is 7.81. The second-order valence-corrected chi connectivity index (χ2v) is 7.81. The summed E-state index contributed by atoms with van der Waals surface area (Å²) in [6.45, 7) is 1.95. The largest absolute Gasteiger partial charge is 0.360 e. The molecular weight excluding hydrogens is 370 g/mol. The van der Waals surface area contributed by atoms with E-state index in [1.807, 2.05) is 55.5 Å². The van der Waals surface area contributed by atoms with Crippen LogP contribution in [0.15, 0.2) is 72.4 Å². The van der Waals surface area contributed by atoms with Crippen LogP contribution in [-0.4, -0.2) is 5.91 Å². The van der Waals surface area contributed by atoms with Crippen LogP contribution in [0.25, 0.3) is 10.8 Å². The van der Waals surface area contributed by atoms with Gasteiger partial charge < -0.3 is 10.6 Å². The summed E-state index contributed by atoms with van der Waals surface area (Å²) in [4.78, 5) is 12.6. The zero-order valence-electron chi connectivity index (χ0n) is 17.1. The number of amides is 1. The molecule has 0 bridgehead atoms. The van der Waals surface area contributed by atoms with Crippen LogP contribution in [0.2, 0.25) is 0 Å². The van der Waals surface area contributed by atoms with Crippen LogP contribution in [0, 0.1) is 11.3 Å². The van der Waals surface area contributed by atoms with Crippen molar-refractivity contribution in [2.75, 3.05) is 5.32 Å². The van der Waals surface area contributed by atoms with Gasteiger partial charge in [0.15, 0.2) is 0 Å². The number of fused-ring (bicyclic) bond motifs is 2. The molecular formula is C26H25N3O. The van der Waals surface area contributed by atoms with Crippen molar-refractivity contribution >= 4 is 22.4 Å². The first-order valence-corrected chi connectivity index (χ1v) is 10.4. The monoisotopic (exact) mass is 395 g/mol. The summed E-state index contributed by atoms with van der Waals surface area (Å²) in [7, 11) is 0. The summed E-state index contributed by atoms with van der Waals surface area (Å²) in [6.07, 6.45) is 6.18. The van der Waals surface area contributed by atoms with E-state index in [-0.39, 0.29) is 17.5 Å². The number of aryl methyl sites for hydroxylation is 2. The van der Waals surface area contributed by atoms with Gasteiger partial charge in [-0.3, -0.25) is 4.79 Å². The van der Waals surface area contributed by atoms with E-state index in [0.717, 1.165) is 34.9 Å². The van der Waals surface area contributed by atoms with Crippen LogP contribution in [0.1, 0.15) is 42.5 Å². The number of benzene rings is 3. The summed E-state index contributed by atoms with van der Waals surface area (Å²) < 4.78 is 0. The fraction of sp³-hybridized carbons (Fsp3) is 0.231. The molecule has 1 amide bonds. The number of nitrogens with one attached hydrogen (secondary N) is 2. The number of nitriles is 1. The Labute approximate surface area is 177 Å². The maximum atomic E-state index is 12.6. The molecule has 4 rings (SSSR count). The lowest BCUT2D eigenvalue weighted by molar-refractivity contribution is -0.117. The molecule has 150 valence electrons. The van der Waals surface area contributed by atoms with E-state index in [2.05, 4.69) is 28.8 Å². The number of hydrogen-bond donors (Lipinski definition) is 2. The SMILES string of the molecule is CC(NC(=O)/C(C#N)=C\Nc1ccc2ccccc2c1)c1ccc2c(c1)CCCC2. The summed E-state index contributed by atoms with van der Waals surface area (Å²) in [5, 5.41) is 17.7. The molecule has 0 saturated heterocycles. The fourth-order valence-electron chi connectivity index (χ4n) is 3.96. The lowest BCUT2D eigenvalue weighted by Crippen LogP contribution is -2.28.